The van der Waals surface area contributed by atoms with Gasteiger partial charge in [-0.3, -0.25) is 14.4 Å². The van der Waals surface area contributed by atoms with E-state index in [9.17, 15) is 25.3 Å². The molecular weight excluding hydrogens is 1000 g/mol. The predicted molar refractivity (Wildman–Crippen MR) is 285 cm³/mol. The van der Waals surface area contributed by atoms with Crippen LogP contribution in [0.5, 0.6) is 11.5 Å². The molecule has 2 saturated carbocycles. The number of aromatic amines is 2. The number of rotatable bonds is 15. The Morgan fingerprint density at radius 3 is 1.54 bits per heavy atom. The van der Waals surface area contributed by atoms with Crippen LogP contribution in [0.3, 0.4) is 0 Å². The second-order valence-electron chi connectivity index (χ2n) is 18.1. The summed E-state index contributed by atoms with van der Waals surface area (Å²) in [4.78, 5) is 0.504. The number of aromatic nitrogens is 4. The summed E-state index contributed by atoms with van der Waals surface area (Å²) >= 11 is 0. The number of nitrogens with zero attached hydrogens (tertiary/aromatic N) is 2. The fourth-order valence-electron chi connectivity index (χ4n) is 8.00. The average Bonchev–Trinajstić information content (AvgIpc) is 4.18. The Bertz CT molecular complexity index is 3710. The van der Waals surface area contributed by atoms with Gasteiger partial charge < -0.3 is 25.3 Å². The Balaban J connectivity index is 0.000000157. The third-order valence-electron chi connectivity index (χ3n) is 12.3. The lowest BCUT2D eigenvalue weighted by molar-refractivity contribution is 0.198. The number of H-pyrrole nitrogens is 2. The smallest absolute Gasteiger partial charge is 0.297 e. The van der Waals surface area contributed by atoms with Crippen LogP contribution in [-0.4, -0.2) is 97.3 Å². The number of sulfone groups is 2. The Kier molecular flexibility index (Phi) is 16.4. The van der Waals surface area contributed by atoms with Crippen molar-refractivity contribution in [3.8, 4) is 11.5 Å². The van der Waals surface area contributed by atoms with Crippen LogP contribution in [0.25, 0.3) is 43.4 Å². The summed E-state index contributed by atoms with van der Waals surface area (Å²) in [6.45, 7) is 4.90. The molecule has 2 aromatic heterocycles. The van der Waals surface area contributed by atoms with Crippen molar-refractivity contribution in [2.75, 3.05) is 39.6 Å². The lowest BCUT2D eigenvalue weighted by atomic mass is 10.1. The highest BCUT2D eigenvalue weighted by Crippen LogP contribution is 2.34. The minimum absolute atomic E-state index is 0.0440. The highest BCUT2D eigenvalue weighted by molar-refractivity contribution is 7.92. The van der Waals surface area contributed by atoms with Gasteiger partial charge in [-0.15, -0.1) is 0 Å². The fraction of sp³-hybridized carbons (Fsp3) is 0.273. The monoisotopic (exact) mass is 1060 g/mol. The second kappa shape index (κ2) is 23.2. The third-order valence-corrected chi connectivity index (χ3v) is 17.2. The molecule has 3 aliphatic rings. The van der Waals surface area contributed by atoms with Crippen molar-refractivity contribution in [2.24, 2.45) is 5.73 Å². The van der Waals surface area contributed by atoms with Crippen LogP contribution < -0.4 is 20.5 Å². The van der Waals surface area contributed by atoms with Crippen molar-refractivity contribution in [3.05, 3.63) is 151 Å². The number of ether oxygens (including phenoxy) is 3. The summed E-state index contributed by atoms with van der Waals surface area (Å²) in [7, 11) is -11.6. The highest BCUT2D eigenvalue weighted by Gasteiger charge is 2.27. The first kappa shape index (κ1) is 52.2. The molecule has 1 saturated heterocycles. The van der Waals surface area contributed by atoms with Crippen molar-refractivity contribution in [2.45, 2.75) is 82.3 Å². The molecule has 9 aromatic rings. The molecule has 7 aromatic carbocycles. The molecule has 0 atom stereocenters. The van der Waals surface area contributed by atoms with Crippen LogP contribution >= 0.6 is 0 Å². The van der Waals surface area contributed by atoms with Gasteiger partial charge in [0.05, 0.1) is 25.7 Å². The van der Waals surface area contributed by atoms with Gasteiger partial charge >= 0.3 is 0 Å². The number of nitrogens with two attached hydrogens (primary N) is 1. The summed E-state index contributed by atoms with van der Waals surface area (Å²) in [6, 6.07) is 42.9. The van der Waals surface area contributed by atoms with E-state index in [-0.39, 0.29) is 38.0 Å². The molecule has 74 heavy (non-hydrogen) atoms. The van der Waals surface area contributed by atoms with Crippen molar-refractivity contribution >= 4 is 73.1 Å². The van der Waals surface area contributed by atoms with E-state index in [0.717, 1.165) is 36.1 Å². The lowest BCUT2D eigenvalue weighted by Crippen LogP contribution is -2.22. The molecule has 3 fully saturated rings. The quantitative estimate of drug-likeness (QED) is 0.0554. The minimum atomic E-state index is -3.92. The van der Waals surface area contributed by atoms with Crippen molar-refractivity contribution in [1.82, 2.24) is 25.7 Å². The Morgan fingerprint density at radius 2 is 1.07 bits per heavy atom. The Morgan fingerprint density at radius 1 is 0.581 bits per heavy atom. The van der Waals surface area contributed by atoms with E-state index >= 15 is 0 Å². The number of nitrogens with one attached hydrogen (secondary N) is 3. The van der Waals surface area contributed by atoms with Gasteiger partial charge in [0.15, 0.2) is 10.1 Å². The van der Waals surface area contributed by atoms with E-state index in [1.54, 1.807) is 78.9 Å². The van der Waals surface area contributed by atoms with Crippen LogP contribution in [-0.2, 0) is 38.7 Å². The normalized spacial score (nSPS) is 14.7. The van der Waals surface area contributed by atoms with Crippen molar-refractivity contribution in [3.63, 3.8) is 0 Å². The van der Waals surface area contributed by atoms with Crippen LogP contribution in [0.1, 0.15) is 44.1 Å². The predicted octanol–water partition coefficient (Wildman–Crippen LogP) is 9.23. The molecule has 0 spiro atoms. The molecule has 0 bridgehead atoms. The molecule has 2 aliphatic carbocycles. The highest BCUT2D eigenvalue weighted by atomic mass is 32.2. The molecule has 0 amide bonds. The first-order chi connectivity index (χ1) is 35.8. The van der Waals surface area contributed by atoms with Gasteiger partial charge in [0.2, 0.25) is 19.7 Å². The number of hydrogen-bond donors (Lipinski definition) is 4. The van der Waals surface area contributed by atoms with E-state index < -0.39 is 29.8 Å². The van der Waals surface area contributed by atoms with E-state index in [4.69, 9.17) is 24.1 Å². The summed E-state index contributed by atoms with van der Waals surface area (Å²) in [5.74, 6) is 0.987. The maximum Gasteiger partial charge on any atom is 0.297 e. The Labute approximate surface area is 430 Å². The number of aryl methyl sites for hydroxylation is 1. The van der Waals surface area contributed by atoms with Gasteiger partial charge in [0.25, 0.3) is 10.1 Å². The maximum absolute atomic E-state index is 13.6. The zero-order chi connectivity index (χ0) is 51.7. The number of fused-ring (bicyclic) bond motifs is 4. The molecule has 386 valence electrons. The summed E-state index contributed by atoms with van der Waals surface area (Å²) < 4.78 is 100. The molecule has 19 heteroatoms. The molecule has 16 nitrogen and oxygen atoms in total. The fourth-order valence-corrected chi connectivity index (χ4v) is 12.0. The zero-order valence-electron chi connectivity index (χ0n) is 40.8. The number of hydrogen-bond acceptors (Lipinski definition) is 14. The van der Waals surface area contributed by atoms with Crippen LogP contribution in [0.4, 0.5) is 0 Å². The van der Waals surface area contributed by atoms with E-state index in [2.05, 4.69) is 25.7 Å². The van der Waals surface area contributed by atoms with Gasteiger partial charge in [-0.2, -0.15) is 18.6 Å². The maximum atomic E-state index is 13.6. The summed E-state index contributed by atoms with van der Waals surface area (Å²) in [6.07, 6.45) is 7.55. The van der Waals surface area contributed by atoms with Gasteiger partial charge in [-0.25, -0.2) is 16.8 Å². The van der Waals surface area contributed by atoms with E-state index in [1.807, 2.05) is 61.5 Å². The number of benzene rings is 7. The van der Waals surface area contributed by atoms with Crippen molar-refractivity contribution in [1.29, 1.82) is 0 Å². The summed E-state index contributed by atoms with van der Waals surface area (Å²) in [5, 5.41) is 21.0. The van der Waals surface area contributed by atoms with E-state index in [1.165, 1.54) is 50.7 Å². The average molecular weight is 1060 g/mol. The topological polar surface area (TPSA) is 235 Å². The molecule has 3 heterocycles. The standard InChI is InChI=1S/C26H22N2O6S2.C22H21N3O3S.C4H8O.C3H7N/c1-18-9-12-21(13-10-18)36(31,32)34-16-15-33-20-11-14-24-23(17-20)26(28-27-24)35(29,30)25-8-4-6-19-5-2-3-7-22(19)25;26-29(27,21-7-3-5-15-4-1-2-6-18(15)21)22-19-14-17(10-11-20(19)24-25-22)28-13-12-23-16-8-9-16;1-2-4-5-3-1;4-3-1-2-3/h2-14,17H,15-16H2,1H3,(H,27,28);1-7,10-11,14,16,23H,8-9,12-13H2,(H,24,25);1-4H2;3H,1-2,4H2. The summed E-state index contributed by atoms with van der Waals surface area (Å²) in [5.41, 5.74) is 7.21. The van der Waals surface area contributed by atoms with Crippen LogP contribution in [0.2, 0.25) is 0 Å². The first-order valence-corrected chi connectivity index (χ1v) is 28.9. The third kappa shape index (κ3) is 12.8. The molecule has 0 radical (unpaired) electrons. The van der Waals surface area contributed by atoms with Gasteiger partial charge in [-0.05, 0) is 117 Å². The molecular formula is C55H58N6O10S3. The largest absolute Gasteiger partial charge is 0.492 e. The van der Waals surface area contributed by atoms with Gasteiger partial charge in [0.1, 0.15) is 31.3 Å². The molecule has 1 aliphatic heterocycles. The van der Waals surface area contributed by atoms with Gasteiger partial charge in [-0.1, -0.05) is 90.5 Å². The van der Waals surface area contributed by atoms with E-state index in [0.29, 0.717) is 62.8 Å². The lowest BCUT2D eigenvalue weighted by Gasteiger charge is -2.09. The minimum Gasteiger partial charge on any atom is -0.492 e. The van der Waals surface area contributed by atoms with Gasteiger partial charge in [0, 0.05) is 53.4 Å². The first-order valence-electron chi connectivity index (χ1n) is 24.5. The molecule has 12 rings (SSSR count). The van der Waals surface area contributed by atoms with Crippen LogP contribution in [0, 0.1) is 6.92 Å². The molecule has 5 N–H and O–H groups in total. The van der Waals surface area contributed by atoms with Crippen LogP contribution in [0.15, 0.2) is 170 Å². The zero-order valence-corrected chi connectivity index (χ0v) is 43.2. The SMILES string of the molecule is C1CCOC1.Cc1ccc(S(=O)(=O)OCCOc2ccc3n[nH]c(S(=O)(=O)c4cccc5ccccc45)c3c2)cc1.NC1CC1.O=S(=O)(c1cccc2ccccc12)c1[nH]nc2ccc(OCCNC3CC3)cc12. The second-order valence-corrected chi connectivity index (χ2v) is 23.4. The Hall–Kier alpha value is -6.71. The van der Waals surface area contributed by atoms with Crippen molar-refractivity contribution < 1.29 is 43.6 Å². The molecule has 0 unspecified atom stereocenters.